The molecule has 1 fully saturated rings. The van der Waals surface area contributed by atoms with Gasteiger partial charge in [0.25, 0.3) is 0 Å². The smallest absolute Gasteiger partial charge is 0.234 e. The highest BCUT2D eigenvalue weighted by atomic mass is 35.5. The molecule has 1 aromatic carbocycles. The van der Waals surface area contributed by atoms with Crippen LogP contribution in [0.25, 0.3) is 11.4 Å². The lowest BCUT2D eigenvalue weighted by atomic mass is 9.80. The molecule has 3 rings (SSSR count). The van der Waals surface area contributed by atoms with E-state index >= 15 is 0 Å². The lowest BCUT2D eigenvalue weighted by Crippen LogP contribution is -2.40. The molecule has 1 saturated heterocycles. The van der Waals surface area contributed by atoms with Crippen molar-refractivity contribution in [3.05, 3.63) is 35.2 Å². The molecule has 0 spiro atoms. The van der Waals surface area contributed by atoms with E-state index in [-0.39, 0.29) is 5.41 Å². The van der Waals surface area contributed by atoms with Crippen LogP contribution in [0.4, 0.5) is 0 Å². The van der Waals surface area contributed by atoms with Gasteiger partial charge in [-0.15, -0.1) is 0 Å². The van der Waals surface area contributed by atoms with Gasteiger partial charge in [-0.1, -0.05) is 28.9 Å². The second-order valence-corrected chi connectivity index (χ2v) is 5.41. The van der Waals surface area contributed by atoms with Gasteiger partial charge in [0, 0.05) is 25.3 Å². The number of nitrogens with zero attached hydrogens (tertiary/aromatic N) is 2. The number of halogens is 1. The summed E-state index contributed by atoms with van der Waals surface area (Å²) in [4.78, 5) is 4.51. The average Bonchev–Trinajstić information content (AvgIpc) is 2.98. The van der Waals surface area contributed by atoms with Gasteiger partial charge in [-0.2, -0.15) is 4.98 Å². The van der Waals surface area contributed by atoms with Gasteiger partial charge >= 0.3 is 0 Å². The molecule has 1 aliphatic rings. The number of hydrogen-bond acceptors (Lipinski definition) is 5. The first-order valence-corrected chi connectivity index (χ1v) is 7.00. The average molecular weight is 294 g/mol. The maximum absolute atomic E-state index is 6.16. The number of hydrogen-bond donors (Lipinski definition) is 1. The van der Waals surface area contributed by atoms with E-state index in [1.165, 1.54) is 0 Å². The predicted octanol–water partition coefficient (Wildman–Crippen LogP) is 2.40. The lowest BCUT2D eigenvalue weighted by molar-refractivity contribution is 0.0409. The first-order valence-electron chi connectivity index (χ1n) is 6.62. The molecule has 0 saturated carbocycles. The van der Waals surface area contributed by atoms with Gasteiger partial charge in [-0.05, 0) is 25.0 Å². The Morgan fingerprint density at radius 3 is 2.70 bits per heavy atom. The fourth-order valence-electron chi connectivity index (χ4n) is 2.46. The summed E-state index contributed by atoms with van der Waals surface area (Å²) in [5.74, 6) is 1.09. The number of nitrogens with two attached hydrogens (primary N) is 1. The third-order valence-electron chi connectivity index (χ3n) is 3.84. The van der Waals surface area contributed by atoms with Crippen LogP contribution in [0.15, 0.2) is 28.8 Å². The zero-order valence-electron chi connectivity index (χ0n) is 11.0. The van der Waals surface area contributed by atoms with Crippen LogP contribution in [0, 0.1) is 0 Å². The summed E-state index contributed by atoms with van der Waals surface area (Å²) < 4.78 is 10.8. The fraction of sp³-hybridized carbons (Fsp3) is 0.429. The van der Waals surface area contributed by atoms with Crippen molar-refractivity contribution < 1.29 is 9.26 Å². The molecule has 2 aromatic rings. The molecule has 6 heteroatoms. The minimum atomic E-state index is -0.273. The van der Waals surface area contributed by atoms with E-state index in [1.807, 2.05) is 18.2 Å². The zero-order chi connectivity index (χ0) is 14.0. The molecule has 0 bridgehead atoms. The van der Waals surface area contributed by atoms with E-state index in [9.17, 15) is 0 Å². The van der Waals surface area contributed by atoms with Gasteiger partial charge in [-0.25, -0.2) is 0 Å². The Morgan fingerprint density at radius 1 is 1.25 bits per heavy atom. The van der Waals surface area contributed by atoms with Gasteiger partial charge < -0.3 is 15.0 Å². The first kappa shape index (κ1) is 13.5. The Hall–Kier alpha value is -1.43. The molecule has 1 aliphatic heterocycles. The lowest BCUT2D eigenvalue weighted by Gasteiger charge is -2.32. The number of aromatic nitrogens is 2. The van der Waals surface area contributed by atoms with E-state index in [1.54, 1.807) is 6.07 Å². The summed E-state index contributed by atoms with van der Waals surface area (Å²) in [6.07, 6.45) is 1.60. The molecule has 0 amide bonds. The SMILES string of the molecule is NCC1(c2nc(-c3ccccc3Cl)no2)CCOCC1. The van der Waals surface area contributed by atoms with E-state index in [2.05, 4.69) is 10.1 Å². The molecule has 0 radical (unpaired) electrons. The Balaban J connectivity index is 1.95. The molecule has 106 valence electrons. The summed E-state index contributed by atoms with van der Waals surface area (Å²) in [6.45, 7) is 1.81. The van der Waals surface area contributed by atoms with Crippen LogP contribution in [-0.4, -0.2) is 29.9 Å². The summed E-state index contributed by atoms with van der Waals surface area (Å²) in [6, 6.07) is 7.44. The van der Waals surface area contributed by atoms with Gasteiger partial charge in [0.1, 0.15) is 0 Å². The molecule has 0 atom stereocenters. The van der Waals surface area contributed by atoms with E-state index < -0.39 is 0 Å². The van der Waals surface area contributed by atoms with Crippen LogP contribution in [0.1, 0.15) is 18.7 Å². The largest absolute Gasteiger partial charge is 0.381 e. The highest BCUT2D eigenvalue weighted by molar-refractivity contribution is 6.33. The minimum Gasteiger partial charge on any atom is -0.381 e. The van der Waals surface area contributed by atoms with E-state index in [0.717, 1.165) is 18.4 Å². The van der Waals surface area contributed by atoms with Crippen molar-refractivity contribution in [2.24, 2.45) is 5.73 Å². The number of ether oxygens (including phenoxy) is 1. The highest BCUT2D eigenvalue weighted by Gasteiger charge is 2.38. The predicted molar refractivity (Wildman–Crippen MR) is 75.5 cm³/mol. The molecule has 5 nitrogen and oxygen atoms in total. The van der Waals surface area contributed by atoms with Crippen molar-refractivity contribution in [1.82, 2.24) is 10.1 Å². The Morgan fingerprint density at radius 2 is 2.00 bits per heavy atom. The van der Waals surface area contributed by atoms with Gasteiger partial charge in [0.2, 0.25) is 11.7 Å². The van der Waals surface area contributed by atoms with Crippen molar-refractivity contribution in [1.29, 1.82) is 0 Å². The first-order chi connectivity index (χ1) is 9.75. The molecule has 1 aromatic heterocycles. The minimum absolute atomic E-state index is 0.273. The highest BCUT2D eigenvalue weighted by Crippen LogP contribution is 2.34. The van der Waals surface area contributed by atoms with Crippen LogP contribution in [-0.2, 0) is 10.2 Å². The molecule has 0 unspecified atom stereocenters. The summed E-state index contributed by atoms with van der Waals surface area (Å²) in [7, 11) is 0. The second-order valence-electron chi connectivity index (χ2n) is 5.00. The third kappa shape index (κ3) is 2.32. The van der Waals surface area contributed by atoms with Gasteiger partial charge in [0.05, 0.1) is 10.4 Å². The van der Waals surface area contributed by atoms with Crippen LogP contribution in [0.3, 0.4) is 0 Å². The molecular weight excluding hydrogens is 278 g/mol. The van der Waals surface area contributed by atoms with Crippen molar-refractivity contribution in [3.63, 3.8) is 0 Å². The Labute approximate surface area is 122 Å². The van der Waals surface area contributed by atoms with Crippen LogP contribution >= 0.6 is 11.6 Å². The van der Waals surface area contributed by atoms with Crippen LogP contribution in [0.2, 0.25) is 5.02 Å². The van der Waals surface area contributed by atoms with Crippen molar-refractivity contribution in [3.8, 4) is 11.4 Å². The van der Waals surface area contributed by atoms with Crippen LogP contribution < -0.4 is 5.73 Å². The van der Waals surface area contributed by atoms with E-state index in [0.29, 0.717) is 36.5 Å². The quantitative estimate of drug-likeness (QED) is 0.940. The molecule has 2 heterocycles. The molecular formula is C14H16ClN3O2. The van der Waals surface area contributed by atoms with Crippen molar-refractivity contribution in [2.45, 2.75) is 18.3 Å². The topological polar surface area (TPSA) is 74.2 Å². The van der Waals surface area contributed by atoms with E-state index in [4.69, 9.17) is 26.6 Å². The Kier molecular flexibility index (Phi) is 3.74. The summed E-state index contributed by atoms with van der Waals surface area (Å²) >= 11 is 6.16. The number of rotatable bonds is 3. The standard InChI is InChI=1S/C14H16ClN3O2/c15-11-4-2-1-3-10(11)12-17-13(20-18-12)14(9-16)5-7-19-8-6-14/h1-4H,5-9,16H2. The normalized spacial score (nSPS) is 18.1. The Bertz CT molecular complexity index is 594. The third-order valence-corrected chi connectivity index (χ3v) is 4.16. The second kappa shape index (κ2) is 5.52. The molecule has 20 heavy (non-hydrogen) atoms. The monoisotopic (exact) mass is 293 g/mol. The fourth-order valence-corrected chi connectivity index (χ4v) is 2.68. The van der Waals surface area contributed by atoms with Crippen molar-refractivity contribution in [2.75, 3.05) is 19.8 Å². The van der Waals surface area contributed by atoms with Crippen LogP contribution in [0.5, 0.6) is 0 Å². The van der Waals surface area contributed by atoms with Gasteiger partial charge in [0.15, 0.2) is 0 Å². The van der Waals surface area contributed by atoms with Crippen molar-refractivity contribution >= 4 is 11.6 Å². The molecule has 0 aliphatic carbocycles. The molecule has 2 N–H and O–H groups in total. The zero-order valence-corrected chi connectivity index (χ0v) is 11.8. The van der Waals surface area contributed by atoms with Gasteiger partial charge in [-0.3, -0.25) is 0 Å². The maximum Gasteiger partial charge on any atom is 0.234 e. The maximum atomic E-state index is 6.16. The number of benzene rings is 1. The summed E-state index contributed by atoms with van der Waals surface area (Å²) in [5, 5.41) is 4.65. The summed E-state index contributed by atoms with van der Waals surface area (Å²) in [5.41, 5.74) is 6.43.